The number of carbonyl (C=O) groups is 3. The summed E-state index contributed by atoms with van der Waals surface area (Å²) in [6, 6.07) is 14.5. The van der Waals surface area contributed by atoms with E-state index in [1.807, 2.05) is 40.1 Å². The Morgan fingerprint density at radius 1 is 0.806 bits per heavy atom. The van der Waals surface area contributed by atoms with E-state index < -0.39 is 6.03 Å². The monoisotopic (exact) mass is 427 g/mol. The van der Waals surface area contributed by atoms with Crippen LogP contribution in [0.1, 0.15) is 5.56 Å². The number of urea groups is 1. The van der Waals surface area contributed by atoms with Crippen molar-refractivity contribution in [2.24, 2.45) is 0 Å². The van der Waals surface area contributed by atoms with Crippen molar-refractivity contribution in [2.45, 2.75) is 6.54 Å². The molecule has 1 saturated heterocycles. The fraction of sp³-hybridized carbons (Fsp3) is 0.318. The molecule has 3 N–H and O–H groups in total. The molecule has 1 aliphatic heterocycles. The van der Waals surface area contributed by atoms with E-state index in [0.29, 0.717) is 38.4 Å². The molecular formula is C22H26FN5O3. The number of piperazine rings is 1. The van der Waals surface area contributed by atoms with Crippen LogP contribution in [0, 0.1) is 5.82 Å². The van der Waals surface area contributed by atoms with Gasteiger partial charge in [0.2, 0.25) is 11.8 Å². The van der Waals surface area contributed by atoms with E-state index in [0.717, 1.165) is 5.56 Å². The Morgan fingerprint density at radius 2 is 1.39 bits per heavy atom. The van der Waals surface area contributed by atoms with Gasteiger partial charge in [-0.15, -0.1) is 0 Å². The van der Waals surface area contributed by atoms with Gasteiger partial charge in [-0.3, -0.25) is 24.7 Å². The first-order valence-corrected chi connectivity index (χ1v) is 10.1. The molecule has 4 amide bonds. The van der Waals surface area contributed by atoms with Crippen molar-refractivity contribution in [3.63, 3.8) is 0 Å². The van der Waals surface area contributed by atoms with E-state index in [9.17, 15) is 18.8 Å². The maximum Gasteiger partial charge on any atom is 0.321 e. The van der Waals surface area contributed by atoms with Crippen LogP contribution in [-0.2, 0) is 16.1 Å². The highest BCUT2D eigenvalue weighted by molar-refractivity contribution is 5.95. The number of benzene rings is 2. The molecule has 31 heavy (non-hydrogen) atoms. The smallest absolute Gasteiger partial charge is 0.321 e. The number of rotatable bonds is 7. The van der Waals surface area contributed by atoms with Gasteiger partial charge < -0.3 is 10.6 Å². The first kappa shape index (κ1) is 22.4. The first-order valence-electron chi connectivity index (χ1n) is 10.1. The second kappa shape index (κ2) is 11.2. The number of halogens is 1. The predicted octanol–water partition coefficient (Wildman–Crippen LogP) is 1.41. The molecule has 0 radical (unpaired) electrons. The van der Waals surface area contributed by atoms with E-state index in [1.54, 1.807) is 0 Å². The largest absolute Gasteiger partial charge is 0.334 e. The Hall–Kier alpha value is -3.30. The van der Waals surface area contributed by atoms with E-state index >= 15 is 0 Å². The number of hydrogen-bond donors (Lipinski definition) is 3. The highest BCUT2D eigenvalue weighted by Gasteiger charge is 2.21. The normalized spacial score (nSPS) is 14.6. The molecule has 0 aliphatic carbocycles. The summed E-state index contributed by atoms with van der Waals surface area (Å²) in [5, 5.41) is 7.73. The minimum atomic E-state index is -0.523. The average Bonchev–Trinajstić information content (AvgIpc) is 2.76. The van der Waals surface area contributed by atoms with Gasteiger partial charge in [-0.1, -0.05) is 30.3 Å². The van der Waals surface area contributed by atoms with Crippen LogP contribution in [-0.4, -0.2) is 66.9 Å². The zero-order valence-electron chi connectivity index (χ0n) is 17.1. The first-order chi connectivity index (χ1) is 15.0. The van der Waals surface area contributed by atoms with Gasteiger partial charge in [0.05, 0.1) is 13.1 Å². The van der Waals surface area contributed by atoms with Crippen molar-refractivity contribution in [1.82, 2.24) is 20.4 Å². The Labute approximate surface area is 180 Å². The number of hydrogen-bond acceptors (Lipinski definition) is 5. The number of nitrogens with zero attached hydrogens (tertiary/aromatic N) is 2. The minimum Gasteiger partial charge on any atom is -0.334 e. The summed E-state index contributed by atoms with van der Waals surface area (Å²) in [6.45, 7) is 3.17. The fourth-order valence-corrected chi connectivity index (χ4v) is 3.23. The van der Waals surface area contributed by atoms with Gasteiger partial charge >= 0.3 is 6.03 Å². The van der Waals surface area contributed by atoms with Crippen LogP contribution in [0.3, 0.4) is 0 Å². The lowest BCUT2D eigenvalue weighted by molar-refractivity contribution is -0.122. The van der Waals surface area contributed by atoms with Crippen LogP contribution in [0.4, 0.5) is 14.9 Å². The molecule has 1 aliphatic rings. The van der Waals surface area contributed by atoms with Gasteiger partial charge in [0.25, 0.3) is 0 Å². The third-order valence-electron chi connectivity index (χ3n) is 4.88. The van der Waals surface area contributed by atoms with Gasteiger partial charge in [0.1, 0.15) is 5.82 Å². The molecule has 2 aromatic carbocycles. The Bertz CT molecular complexity index is 884. The fourth-order valence-electron chi connectivity index (χ4n) is 3.23. The summed E-state index contributed by atoms with van der Waals surface area (Å²) < 4.78 is 12.9. The minimum absolute atomic E-state index is 0.119. The number of anilines is 1. The number of imide groups is 1. The molecule has 9 heteroatoms. The summed E-state index contributed by atoms with van der Waals surface area (Å²) in [5.41, 5.74) is 1.50. The topological polar surface area (TPSA) is 93.8 Å². The van der Waals surface area contributed by atoms with Crippen molar-refractivity contribution >= 4 is 23.5 Å². The highest BCUT2D eigenvalue weighted by atomic mass is 19.1. The molecule has 0 atom stereocenters. The van der Waals surface area contributed by atoms with Crippen molar-refractivity contribution in [1.29, 1.82) is 0 Å². The summed E-state index contributed by atoms with van der Waals surface area (Å²) in [4.78, 5) is 40.0. The quantitative estimate of drug-likeness (QED) is 0.621. The lowest BCUT2D eigenvalue weighted by Gasteiger charge is -2.33. The molecular weight excluding hydrogens is 401 g/mol. The summed E-state index contributed by atoms with van der Waals surface area (Å²) in [7, 11) is 0. The standard InChI is InChI=1S/C22H26FN5O3/c23-18-6-8-19(9-7-18)25-20(29)15-27-10-12-28(13-11-27)16-21(30)26-22(31)24-14-17-4-2-1-3-5-17/h1-9H,10-16H2,(H,25,29)(H2,24,26,30,31). The molecule has 0 bridgehead atoms. The highest BCUT2D eigenvalue weighted by Crippen LogP contribution is 2.09. The van der Waals surface area contributed by atoms with Gasteiger partial charge in [-0.05, 0) is 29.8 Å². The molecule has 3 rings (SSSR count). The van der Waals surface area contributed by atoms with E-state index in [2.05, 4.69) is 16.0 Å². The summed E-state index contributed by atoms with van der Waals surface area (Å²) in [6.07, 6.45) is 0. The molecule has 1 heterocycles. The third kappa shape index (κ3) is 7.80. The second-order valence-electron chi connectivity index (χ2n) is 7.32. The van der Waals surface area contributed by atoms with Crippen LogP contribution < -0.4 is 16.0 Å². The van der Waals surface area contributed by atoms with Crippen LogP contribution in [0.5, 0.6) is 0 Å². The van der Waals surface area contributed by atoms with Gasteiger partial charge in [-0.2, -0.15) is 0 Å². The molecule has 0 unspecified atom stereocenters. The van der Waals surface area contributed by atoms with E-state index in [-0.39, 0.29) is 30.7 Å². The van der Waals surface area contributed by atoms with Gasteiger partial charge in [-0.25, -0.2) is 9.18 Å². The number of amides is 4. The molecule has 8 nitrogen and oxygen atoms in total. The number of nitrogens with one attached hydrogen (secondary N) is 3. The second-order valence-corrected chi connectivity index (χ2v) is 7.32. The van der Waals surface area contributed by atoms with Crippen molar-refractivity contribution in [3.05, 3.63) is 66.0 Å². The van der Waals surface area contributed by atoms with Crippen LogP contribution >= 0.6 is 0 Å². The third-order valence-corrected chi connectivity index (χ3v) is 4.88. The number of carbonyl (C=O) groups excluding carboxylic acids is 3. The molecule has 0 spiro atoms. The summed E-state index contributed by atoms with van der Waals surface area (Å²) in [5.74, 6) is -0.896. The van der Waals surface area contributed by atoms with Crippen molar-refractivity contribution in [3.8, 4) is 0 Å². The van der Waals surface area contributed by atoms with Gasteiger partial charge in [0.15, 0.2) is 0 Å². The maximum absolute atomic E-state index is 12.9. The van der Waals surface area contributed by atoms with E-state index in [4.69, 9.17) is 0 Å². The van der Waals surface area contributed by atoms with Crippen LogP contribution in [0.2, 0.25) is 0 Å². The zero-order valence-corrected chi connectivity index (χ0v) is 17.1. The SMILES string of the molecule is O=C(CN1CCN(CC(=O)Nc2ccc(F)cc2)CC1)NC(=O)NCc1ccccc1. The summed E-state index contributed by atoms with van der Waals surface area (Å²) >= 11 is 0. The molecule has 2 aromatic rings. The van der Waals surface area contributed by atoms with Crippen LogP contribution in [0.25, 0.3) is 0 Å². The van der Waals surface area contributed by atoms with Gasteiger partial charge in [0, 0.05) is 38.4 Å². The Morgan fingerprint density at radius 3 is 2.00 bits per heavy atom. The maximum atomic E-state index is 12.9. The Kier molecular flexibility index (Phi) is 8.08. The molecule has 164 valence electrons. The zero-order chi connectivity index (χ0) is 22.1. The van der Waals surface area contributed by atoms with Crippen molar-refractivity contribution in [2.75, 3.05) is 44.6 Å². The van der Waals surface area contributed by atoms with E-state index in [1.165, 1.54) is 24.3 Å². The average molecular weight is 427 g/mol. The molecule has 0 aromatic heterocycles. The predicted molar refractivity (Wildman–Crippen MR) is 115 cm³/mol. The Balaban J connectivity index is 1.31. The van der Waals surface area contributed by atoms with Crippen LogP contribution in [0.15, 0.2) is 54.6 Å². The van der Waals surface area contributed by atoms with Crippen molar-refractivity contribution < 1.29 is 18.8 Å². The lowest BCUT2D eigenvalue weighted by Crippen LogP contribution is -2.52. The molecule has 1 fully saturated rings. The molecule has 0 saturated carbocycles. The lowest BCUT2D eigenvalue weighted by atomic mass is 10.2.